The third-order valence-electron chi connectivity index (χ3n) is 6.36. The summed E-state index contributed by atoms with van der Waals surface area (Å²) in [5.41, 5.74) is 0.975. The molecular formula is C23H27FN6O4S2. The van der Waals surface area contributed by atoms with Crippen molar-refractivity contribution in [1.29, 1.82) is 0 Å². The van der Waals surface area contributed by atoms with Crippen molar-refractivity contribution in [3.63, 3.8) is 0 Å². The number of nitrogens with zero attached hydrogens (tertiary/aromatic N) is 6. The highest BCUT2D eigenvalue weighted by atomic mass is 32.2. The van der Waals surface area contributed by atoms with Gasteiger partial charge in [-0.1, -0.05) is 25.1 Å². The van der Waals surface area contributed by atoms with Crippen LogP contribution < -0.4 is 9.64 Å². The molecule has 192 valence electrons. The van der Waals surface area contributed by atoms with Gasteiger partial charge in [0.2, 0.25) is 4.96 Å². The first-order valence-electron chi connectivity index (χ1n) is 11.7. The first-order valence-corrected chi connectivity index (χ1v) is 14.4. The fraction of sp³-hybridized carbons (Fsp3) is 0.478. The van der Waals surface area contributed by atoms with Crippen molar-refractivity contribution in [1.82, 2.24) is 24.7 Å². The molecule has 1 aliphatic heterocycles. The molecule has 0 saturated carbocycles. The van der Waals surface area contributed by atoms with Gasteiger partial charge < -0.3 is 14.2 Å². The predicted molar refractivity (Wildman–Crippen MR) is 133 cm³/mol. The Kier molecular flexibility index (Phi) is 6.45. The number of anilines is 1. The van der Waals surface area contributed by atoms with Crippen LogP contribution in [0.15, 0.2) is 33.8 Å². The summed E-state index contributed by atoms with van der Waals surface area (Å²) in [4.78, 5) is 11.4. The highest BCUT2D eigenvalue weighted by Crippen LogP contribution is 2.31. The van der Waals surface area contributed by atoms with E-state index in [1.807, 2.05) is 20.8 Å². The van der Waals surface area contributed by atoms with Gasteiger partial charge in [0.1, 0.15) is 16.8 Å². The Hall–Kier alpha value is -3.06. The van der Waals surface area contributed by atoms with Crippen molar-refractivity contribution in [3.05, 3.63) is 36.0 Å². The Labute approximate surface area is 212 Å². The Balaban J connectivity index is 1.21. The number of aromatic nitrogens is 5. The van der Waals surface area contributed by atoms with Crippen LogP contribution in [0.5, 0.6) is 5.19 Å². The molecule has 0 spiro atoms. The van der Waals surface area contributed by atoms with E-state index in [-0.39, 0.29) is 16.9 Å². The molecule has 5 rings (SSSR count). The van der Waals surface area contributed by atoms with Gasteiger partial charge in [0.25, 0.3) is 5.19 Å². The predicted octanol–water partition coefficient (Wildman–Crippen LogP) is 4.19. The lowest BCUT2D eigenvalue weighted by Crippen LogP contribution is -2.38. The molecule has 0 aliphatic carbocycles. The van der Waals surface area contributed by atoms with Crippen molar-refractivity contribution in [2.45, 2.75) is 50.5 Å². The van der Waals surface area contributed by atoms with Crippen LogP contribution in [0.2, 0.25) is 0 Å². The molecule has 1 atom stereocenters. The summed E-state index contributed by atoms with van der Waals surface area (Å²) in [6.07, 6.45) is 4.48. The first kappa shape index (κ1) is 24.6. The van der Waals surface area contributed by atoms with Gasteiger partial charge in [0, 0.05) is 30.8 Å². The number of sulfone groups is 1. The van der Waals surface area contributed by atoms with Crippen LogP contribution in [-0.4, -0.2) is 58.6 Å². The number of imidazole rings is 1. The molecule has 4 heterocycles. The Bertz CT molecular complexity index is 1460. The zero-order valence-electron chi connectivity index (χ0n) is 20.4. The maximum Gasteiger partial charge on any atom is 0.324 e. The summed E-state index contributed by atoms with van der Waals surface area (Å²) in [6.45, 7) is 7.75. The number of rotatable bonds is 7. The topological polar surface area (TPSA) is 116 Å². The van der Waals surface area contributed by atoms with E-state index in [1.165, 1.54) is 29.5 Å². The van der Waals surface area contributed by atoms with E-state index in [9.17, 15) is 12.8 Å². The van der Waals surface area contributed by atoms with E-state index >= 15 is 0 Å². The van der Waals surface area contributed by atoms with Crippen LogP contribution in [0.25, 0.3) is 16.2 Å². The van der Waals surface area contributed by atoms with Gasteiger partial charge in [-0.15, -0.1) is 5.10 Å². The van der Waals surface area contributed by atoms with Gasteiger partial charge in [-0.2, -0.15) is 4.98 Å². The van der Waals surface area contributed by atoms with Gasteiger partial charge in [0.05, 0.1) is 11.9 Å². The van der Waals surface area contributed by atoms with Crippen LogP contribution >= 0.6 is 11.3 Å². The molecule has 0 amide bonds. The molecule has 0 N–H and O–H groups in total. The third kappa shape index (κ3) is 4.94. The minimum atomic E-state index is -3.63. The fourth-order valence-corrected chi connectivity index (χ4v) is 5.78. The first-order chi connectivity index (χ1) is 17.1. The number of benzene rings is 1. The highest BCUT2D eigenvalue weighted by Gasteiger charge is 2.28. The lowest BCUT2D eigenvalue weighted by atomic mass is 9.92. The smallest absolute Gasteiger partial charge is 0.324 e. The second kappa shape index (κ2) is 9.43. The van der Waals surface area contributed by atoms with Crippen LogP contribution in [0, 0.1) is 11.7 Å². The minimum absolute atomic E-state index is 0.0333. The minimum Gasteiger partial charge on any atom is -0.466 e. The number of piperidine rings is 1. The van der Waals surface area contributed by atoms with E-state index in [2.05, 4.69) is 25.1 Å². The molecule has 1 fully saturated rings. The van der Waals surface area contributed by atoms with Crippen molar-refractivity contribution >= 4 is 32.1 Å². The van der Waals surface area contributed by atoms with E-state index in [4.69, 9.17) is 9.26 Å². The van der Waals surface area contributed by atoms with E-state index in [1.54, 1.807) is 10.7 Å². The van der Waals surface area contributed by atoms with Gasteiger partial charge >= 0.3 is 6.01 Å². The standard InChI is InChI=1S/C23H27FN6O4S2/c1-13(2)20-26-21(34-28-20)29-9-7-15(8-10-29)14(3)33-23-27-30-12-18(25-22(30)35-23)16-5-6-19(17(24)11-16)36(4,31)32/h5-6,11-15H,7-10H2,1-4H3/t14-/m0/s1. The van der Waals surface area contributed by atoms with Gasteiger partial charge in [-0.25, -0.2) is 22.3 Å². The summed E-state index contributed by atoms with van der Waals surface area (Å²) in [6, 6.07) is 4.54. The molecular weight excluding hydrogens is 507 g/mol. The normalized spacial score (nSPS) is 16.2. The van der Waals surface area contributed by atoms with Crippen molar-refractivity contribution in [2.75, 3.05) is 24.2 Å². The molecule has 0 radical (unpaired) electrons. The molecule has 1 saturated heterocycles. The largest absolute Gasteiger partial charge is 0.466 e. The van der Waals surface area contributed by atoms with Crippen LogP contribution in [0.1, 0.15) is 45.4 Å². The number of ether oxygens (including phenoxy) is 1. The number of halogens is 1. The van der Waals surface area contributed by atoms with Crippen LogP contribution in [0.4, 0.5) is 10.4 Å². The van der Waals surface area contributed by atoms with Crippen LogP contribution in [-0.2, 0) is 9.84 Å². The van der Waals surface area contributed by atoms with Crippen molar-refractivity contribution in [3.8, 4) is 16.5 Å². The second-order valence-electron chi connectivity index (χ2n) is 9.38. The maximum absolute atomic E-state index is 14.3. The number of hydrogen-bond acceptors (Lipinski definition) is 10. The summed E-state index contributed by atoms with van der Waals surface area (Å²) in [5, 5.41) is 9.03. The fourth-order valence-electron chi connectivity index (χ4n) is 4.23. The van der Waals surface area contributed by atoms with Gasteiger partial charge in [-0.05, 0) is 49.2 Å². The summed E-state index contributed by atoms with van der Waals surface area (Å²) in [7, 11) is -3.63. The molecule has 10 nitrogen and oxygen atoms in total. The molecule has 1 aliphatic rings. The molecule has 3 aromatic heterocycles. The SMILES string of the molecule is CC(C)c1noc(N2CCC([C@H](C)Oc3nn4cc(-c5ccc(S(C)(=O)=O)c(F)c5)nc4s3)CC2)n1. The lowest BCUT2D eigenvalue weighted by Gasteiger charge is -2.33. The second-order valence-corrected chi connectivity index (χ2v) is 12.3. The molecule has 1 aromatic carbocycles. The van der Waals surface area contributed by atoms with E-state index < -0.39 is 15.7 Å². The van der Waals surface area contributed by atoms with Gasteiger partial charge in [-0.3, -0.25) is 0 Å². The number of hydrogen-bond donors (Lipinski definition) is 0. The highest BCUT2D eigenvalue weighted by molar-refractivity contribution is 7.90. The Morgan fingerprint density at radius 1 is 1.19 bits per heavy atom. The molecule has 36 heavy (non-hydrogen) atoms. The zero-order chi connectivity index (χ0) is 25.6. The third-order valence-corrected chi connectivity index (χ3v) is 8.30. The molecule has 0 unspecified atom stereocenters. The monoisotopic (exact) mass is 534 g/mol. The summed E-state index contributed by atoms with van der Waals surface area (Å²) < 4.78 is 50.7. The van der Waals surface area contributed by atoms with Crippen LogP contribution in [0.3, 0.4) is 0 Å². The molecule has 0 bridgehead atoms. The van der Waals surface area contributed by atoms with Crippen molar-refractivity contribution < 1.29 is 22.1 Å². The van der Waals surface area contributed by atoms with E-state index in [0.717, 1.165) is 38.0 Å². The molecule has 4 aromatic rings. The summed E-state index contributed by atoms with van der Waals surface area (Å²) in [5.74, 6) is 0.502. The zero-order valence-corrected chi connectivity index (χ0v) is 22.0. The Morgan fingerprint density at radius 2 is 1.94 bits per heavy atom. The summed E-state index contributed by atoms with van der Waals surface area (Å²) >= 11 is 1.30. The quantitative estimate of drug-likeness (QED) is 0.344. The Morgan fingerprint density at radius 3 is 2.56 bits per heavy atom. The van der Waals surface area contributed by atoms with E-state index in [0.29, 0.717) is 33.3 Å². The average molecular weight is 535 g/mol. The maximum atomic E-state index is 14.3. The lowest BCUT2D eigenvalue weighted by molar-refractivity contribution is 0.130. The van der Waals surface area contributed by atoms with Crippen molar-refractivity contribution in [2.24, 2.45) is 5.92 Å². The average Bonchev–Trinajstić information content (AvgIpc) is 3.53. The molecule has 13 heteroatoms. The number of fused-ring (bicyclic) bond motifs is 1. The van der Waals surface area contributed by atoms with Gasteiger partial charge in [0.15, 0.2) is 15.7 Å².